The third kappa shape index (κ3) is 5.47. The summed E-state index contributed by atoms with van der Waals surface area (Å²) in [5.74, 6) is -3.31. The normalized spacial score (nSPS) is 21.4. The third-order valence-corrected chi connectivity index (χ3v) is 7.76. The molecule has 2 fully saturated rings. The van der Waals surface area contributed by atoms with Gasteiger partial charge in [-0.25, -0.2) is 13.8 Å². The van der Waals surface area contributed by atoms with Crippen LogP contribution in [0.15, 0.2) is 30.6 Å². The van der Waals surface area contributed by atoms with Crippen LogP contribution in [0.2, 0.25) is 0 Å². The van der Waals surface area contributed by atoms with E-state index in [0.29, 0.717) is 43.7 Å². The van der Waals surface area contributed by atoms with Crippen LogP contribution in [0.1, 0.15) is 79.3 Å². The summed E-state index contributed by atoms with van der Waals surface area (Å²) in [6, 6.07) is 5.09. The number of carbonyl (C=O) groups is 1. The highest BCUT2D eigenvalue weighted by Crippen LogP contribution is 2.45. The highest BCUT2D eigenvalue weighted by atomic mass is 19.3. The molecule has 0 spiro atoms. The summed E-state index contributed by atoms with van der Waals surface area (Å²) in [6.45, 7) is 1.39. The zero-order valence-electron chi connectivity index (χ0n) is 20.1. The quantitative estimate of drug-likeness (QED) is 0.451. The number of nitrogens with zero attached hydrogens (tertiary/aromatic N) is 3. The van der Waals surface area contributed by atoms with E-state index in [2.05, 4.69) is 21.4 Å². The van der Waals surface area contributed by atoms with Crippen LogP contribution in [0, 0.1) is 5.92 Å². The number of fused-ring (bicyclic) bond motifs is 1. The van der Waals surface area contributed by atoms with Crippen LogP contribution in [0.3, 0.4) is 0 Å². The zero-order valence-corrected chi connectivity index (χ0v) is 20.1. The van der Waals surface area contributed by atoms with Crippen LogP contribution in [-0.4, -0.2) is 51.5 Å². The van der Waals surface area contributed by atoms with E-state index in [1.54, 1.807) is 17.3 Å². The summed E-state index contributed by atoms with van der Waals surface area (Å²) >= 11 is 0. The molecule has 2 aromatic rings. The Hall–Kier alpha value is -2.61. The first-order chi connectivity index (χ1) is 16.9. The summed E-state index contributed by atoms with van der Waals surface area (Å²) < 4.78 is 30.3. The number of likely N-dealkylation sites (tertiary alicyclic amines) is 1. The van der Waals surface area contributed by atoms with Crippen molar-refractivity contribution in [2.45, 2.75) is 75.7 Å². The van der Waals surface area contributed by atoms with E-state index in [1.165, 1.54) is 5.56 Å². The number of nitrogens with one attached hydrogen (secondary N) is 1. The first kappa shape index (κ1) is 24.1. The van der Waals surface area contributed by atoms with Gasteiger partial charge in [0.1, 0.15) is 11.9 Å². The fourth-order valence-electron chi connectivity index (χ4n) is 5.64. The smallest absolute Gasteiger partial charge is 0.325 e. The maximum Gasteiger partial charge on any atom is 0.325 e. The SMILES string of the molecule is O=C(O)C(c1cnccc1C1CC1)N1CC[C@@H](C(F)(F)CCCCc2ccc3c(n2)NCCC3)C1. The van der Waals surface area contributed by atoms with Crippen molar-refractivity contribution in [3.05, 3.63) is 53.0 Å². The van der Waals surface area contributed by atoms with Gasteiger partial charge in [0.25, 0.3) is 5.92 Å². The molecule has 8 heteroatoms. The molecule has 1 saturated carbocycles. The van der Waals surface area contributed by atoms with Crippen molar-refractivity contribution < 1.29 is 18.7 Å². The molecule has 1 aliphatic carbocycles. The van der Waals surface area contributed by atoms with Gasteiger partial charge in [-0.1, -0.05) is 6.07 Å². The van der Waals surface area contributed by atoms with E-state index in [0.717, 1.165) is 49.3 Å². The summed E-state index contributed by atoms with van der Waals surface area (Å²) in [6.07, 6.45) is 9.44. The number of alkyl halides is 2. The number of rotatable bonds is 10. The molecule has 188 valence electrons. The zero-order chi connectivity index (χ0) is 24.4. The minimum Gasteiger partial charge on any atom is -0.480 e. The molecule has 6 nitrogen and oxygen atoms in total. The van der Waals surface area contributed by atoms with Gasteiger partial charge < -0.3 is 10.4 Å². The highest BCUT2D eigenvalue weighted by Gasteiger charge is 2.46. The molecular weight excluding hydrogens is 450 g/mol. The first-order valence-electron chi connectivity index (χ1n) is 12.9. The van der Waals surface area contributed by atoms with Gasteiger partial charge in [-0.15, -0.1) is 0 Å². The molecule has 1 unspecified atom stereocenters. The minimum atomic E-state index is -2.81. The van der Waals surface area contributed by atoms with Crippen molar-refractivity contribution in [2.24, 2.45) is 5.92 Å². The van der Waals surface area contributed by atoms with Crippen molar-refractivity contribution in [3.8, 4) is 0 Å². The number of unbranched alkanes of at least 4 members (excludes halogenated alkanes) is 1. The number of hydrogen-bond acceptors (Lipinski definition) is 5. The fourth-order valence-corrected chi connectivity index (χ4v) is 5.64. The van der Waals surface area contributed by atoms with Gasteiger partial charge >= 0.3 is 5.97 Å². The highest BCUT2D eigenvalue weighted by molar-refractivity contribution is 5.76. The molecule has 0 radical (unpaired) electrons. The third-order valence-electron chi connectivity index (χ3n) is 7.76. The number of carboxylic acids is 1. The van der Waals surface area contributed by atoms with Crippen molar-refractivity contribution in [1.29, 1.82) is 0 Å². The van der Waals surface area contributed by atoms with Crippen LogP contribution in [-0.2, 0) is 17.6 Å². The van der Waals surface area contributed by atoms with Crippen LogP contribution in [0.25, 0.3) is 0 Å². The molecule has 0 amide bonds. The average Bonchev–Trinajstić information content (AvgIpc) is 3.58. The lowest BCUT2D eigenvalue weighted by atomic mass is 9.94. The fraction of sp³-hybridized carbons (Fsp3) is 0.593. The standard InChI is InChI=1S/C27H34F2N4O2/c28-27(29,12-2-1-5-21-9-8-19-4-3-13-31-25(19)32-21)20-11-15-33(17-20)24(26(34)35)23-16-30-14-10-22(23)18-6-7-18/h8-10,14,16,18,20,24H,1-7,11-13,15,17H2,(H,31,32)(H,34,35)/t20-,24?/m1/s1. The second-order valence-corrected chi connectivity index (χ2v) is 10.3. The number of aromatic nitrogens is 2. The topological polar surface area (TPSA) is 78.3 Å². The number of aryl methyl sites for hydroxylation is 2. The Morgan fingerprint density at radius 1 is 1.23 bits per heavy atom. The predicted molar refractivity (Wildman–Crippen MR) is 130 cm³/mol. The summed E-state index contributed by atoms with van der Waals surface area (Å²) in [7, 11) is 0. The molecule has 1 saturated heterocycles. The maximum absolute atomic E-state index is 15.1. The van der Waals surface area contributed by atoms with Gasteiger partial charge in [0.05, 0.1) is 0 Å². The number of halogens is 2. The molecule has 2 N–H and O–H groups in total. The molecule has 2 atom stereocenters. The molecule has 0 bridgehead atoms. The Kier molecular flexibility index (Phi) is 7.00. The predicted octanol–water partition coefficient (Wildman–Crippen LogP) is 5.21. The number of anilines is 1. The van der Waals surface area contributed by atoms with E-state index in [9.17, 15) is 9.90 Å². The Bertz CT molecular complexity index is 1060. The van der Waals surface area contributed by atoms with Crippen molar-refractivity contribution in [2.75, 3.05) is 25.0 Å². The van der Waals surface area contributed by atoms with Gasteiger partial charge in [0.2, 0.25) is 0 Å². The van der Waals surface area contributed by atoms with Gasteiger partial charge in [-0.05, 0) is 87.1 Å². The van der Waals surface area contributed by atoms with E-state index in [1.807, 2.05) is 12.1 Å². The van der Waals surface area contributed by atoms with Crippen LogP contribution >= 0.6 is 0 Å². The van der Waals surface area contributed by atoms with Crippen molar-refractivity contribution >= 4 is 11.8 Å². The second-order valence-electron chi connectivity index (χ2n) is 10.3. The number of hydrogen-bond donors (Lipinski definition) is 2. The lowest BCUT2D eigenvalue weighted by Gasteiger charge is -2.28. The first-order valence-corrected chi connectivity index (χ1v) is 12.9. The molecule has 2 aromatic heterocycles. The lowest BCUT2D eigenvalue weighted by Crippen LogP contribution is -2.36. The van der Waals surface area contributed by atoms with E-state index in [-0.39, 0.29) is 13.0 Å². The van der Waals surface area contributed by atoms with Crippen LogP contribution in [0.5, 0.6) is 0 Å². The van der Waals surface area contributed by atoms with E-state index >= 15 is 8.78 Å². The number of carboxylic acid groups (broad SMARTS) is 1. The van der Waals surface area contributed by atoms with E-state index < -0.39 is 23.9 Å². The van der Waals surface area contributed by atoms with Crippen LogP contribution in [0.4, 0.5) is 14.6 Å². The average molecular weight is 485 g/mol. The summed E-state index contributed by atoms with van der Waals surface area (Å²) in [5.41, 5.74) is 3.85. The van der Waals surface area contributed by atoms with E-state index in [4.69, 9.17) is 0 Å². The summed E-state index contributed by atoms with van der Waals surface area (Å²) in [5, 5.41) is 13.3. The molecule has 3 aliphatic rings. The molecule has 4 heterocycles. The van der Waals surface area contributed by atoms with Crippen molar-refractivity contribution in [3.63, 3.8) is 0 Å². The number of pyridine rings is 2. The van der Waals surface area contributed by atoms with Gasteiger partial charge in [0, 0.05) is 49.1 Å². The van der Waals surface area contributed by atoms with Crippen molar-refractivity contribution in [1.82, 2.24) is 14.9 Å². The molecule has 0 aromatic carbocycles. The number of aliphatic carboxylic acids is 1. The Labute approximate surface area is 205 Å². The molecular formula is C27H34F2N4O2. The Balaban J connectivity index is 1.16. The molecule has 35 heavy (non-hydrogen) atoms. The van der Waals surface area contributed by atoms with Crippen LogP contribution < -0.4 is 5.32 Å². The maximum atomic E-state index is 15.1. The van der Waals surface area contributed by atoms with Gasteiger partial charge in [-0.3, -0.25) is 14.7 Å². The van der Waals surface area contributed by atoms with Gasteiger partial charge in [0.15, 0.2) is 0 Å². The Morgan fingerprint density at radius 2 is 2.09 bits per heavy atom. The largest absolute Gasteiger partial charge is 0.480 e. The lowest BCUT2D eigenvalue weighted by molar-refractivity contribution is -0.143. The Morgan fingerprint density at radius 3 is 2.89 bits per heavy atom. The minimum absolute atomic E-state index is 0.0982. The summed E-state index contributed by atoms with van der Waals surface area (Å²) in [4.78, 5) is 22.7. The molecule has 5 rings (SSSR count). The second kappa shape index (κ2) is 10.2. The monoisotopic (exact) mass is 484 g/mol. The molecule has 2 aliphatic heterocycles. The van der Waals surface area contributed by atoms with Gasteiger partial charge in [-0.2, -0.15) is 0 Å².